The van der Waals surface area contributed by atoms with Gasteiger partial charge in [-0.2, -0.15) is 10.2 Å². The van der Waals surface area contributed by atoms with Crippen LogP contribution in [0.3, 0.4) is 0 Å². The minimum atomic E-state index is 0.371. The minimum Gasteiger partial charge on any atom is -0.366 e. The fraction of sp³-hybridized carbons (Fsp3) is 0.444. The summed E-state index contributed by atoms with van der Waals surface area (Å²) in [5, 5.41) is 9.01. The molecule has 0 N–H and O–H groups in total. The van der Waals surface area contributed by atoms with E-state index in [1.807, 2.05) is 21.6 Å². The molecule has 6 heteroatoms. The summed E-state index contributed by atoms with van der Waals surface area (Å²) in [6, 6.07) is 4.71. The molecule has 4 rings (SSSR count). The molecule has 0 radical (unpaired) electrons. The Morgan fingerprint density at radius 2 is 1.71 bits per heavy atom. The Hall–Kier alpha value is -2.34. The topological polar surface area (TPSA) is 41.6 Å². The van der Waals surface area contributed by atoms with E-state index in [9.17, 15) is 0 Å². The second kappa shape index (κ2) is 5.94. The molecule has 1 aliphatic rings. The number of likely N-dealkylation sites (N-methyl/N-ethyl adjacent to an activating group) is 1. The summed E-state index contributed by atoms with van der Waals surface area (Å²) in [5.74, 6) is 0. The van der Waals surface area contributed by atoms with Crippen LogP contribution in [0.4, 0.5) is 5.69 Å². The zero-order chi connectivity index (χ0) is 16.7. The van der Waals surface area contributed by atoms with E-state index >= 15 is 0 Å². The van der Waals surface area contributed by atoms with Gasteiger partial charge in [-0.3, -0.25) is 4.68 Å². The molecule has 0 bridgehead atoms. The summed E-state index contributed by atoms with van der Waals surface area (Å²) in [6.07, 6.45) is 8.10. The van der Waals surface area contributed by atoms with E-state index in [0.29, 0.717) is 6.04 Å². The van der Waals surface area contributed by atoms with Gasteiger partial charge in [0.15, 0.2) is 0 Å². The van der Waals surface area contributed by atoms with E-state index in [0.717, 1.165) is 37.3 Å². The van der Waals surface area contributed by atoms with Crippen LogP contribution in [-0.2, 0) is 0 Å². The van der Waals surface area contributed by atoms with E-state index in [-0.39, 0.29) is 0 Å². The van der Waals surface area contributed by atoms with Gasteiger partial charge in [0, 0.05) is 55.7 Å². The highest BCUT2D eigenvalue weighted by atomic mass is 15.3. The number of aromatic nitrogens is 4. The van der Waals surface area contributed by atoms with Crippen LogP contribution in [0.5, 0.6) is 0 Å². The number of rotatable bonds is 3. The standard InChI is InChI=1S/C18H24N6/c1-14(2)23-13-16(10-19-23)15-4-5-17-18(11-20-24(17)12-15)22-8-6-21(3)7-9-22/h4-5,10-14H,6-9H2,1-3H3. The Labute approximate surface area is 142 Å². The van der Waals surface area contributed by atoms with Gasteiger partial charge < -0.3 is 9.80 Å². The average Bonchev–Trinajstić information content (AvgIpc) is 3.22. The minimum absolute atomic E-state index is 0.371. The third kappa shape index (κ3) is 2.67. The maximum Gasteiger partial charge on any atom is 0.0896 e. The zero-order valence-corrected chi connectivity index (χ0v) is 14.6. The summed E-state index contributed by atoms with van der Waals surface area (Å²) >= 11 is 0. The second-order valence-corrected chi connectivity index (χ2v) is 6.87. The summed E-state index contributed by atoms with van der Waals surface area (Å²) in [5.41, 5.74) is 4.66. The normalized spacial score (nSPS) is 16.4. The fourth-order valence-corrected chi connectivity index (χ4v) is 3.20. The van der Waals surface area contributed by atoms with Crippen molar-refractivity contribution in [3.63, 3.8) is 0 Å². The predicted octanol–water partition coefficient (Wildman–Crippen LogP) is 2.53. The van der Waals surface area contributed by atoms with Crippen molar-refractivity contribution >= 4 is 11.2 Å². The first-order chi connectivity index (χ1) is 11.6. The van der Waals surface area contributed by atoms with Crippen LogP contribution in [0.2, 0.25) is 0 Å². The van der Waals surface area contributed by atoms with Gasteiger partial charge in [0.2, 0.25) is 0 Å². The molecule has 6 nitrogen and oxygen atoms in total. The Morgan fingerprint density at radius 3 is 2.42 bits per heavy atom. The van der Waals surface area contributed by atoms with Crippen molar-refractivity contribution < 1.29 is 0 Å². The summed E-state index contributed by atoms with van der Waals surface area (Å²) in [6.45, 7) is 8.58. The van der Waals surface area contributed by atoms with Crippen molar-refractivity contribution in [1.82, 2.24) is 24.3 Å². The molecule has 3 aromatic rings. The Kier molecular flexibility index (Phi) is 3.76. The highest BCUT2D eigenvalue weighted by Gasteiger charge is 2.18. The van der Waals surface area contributed by atoms with Gasteiger partial charge in [-0.15, -0.1) is 0 Å². The lowest BCUT2D eigenvalue weighted by Gasteiger charge is -2.33. The van der Waals surface area contributed by atoms with Crippen molar-refractivity contribution in [2.24, 2.45) is 0 Å². The Balaban J connectivity index is 1.65. The quantitative estimate of drug-likeness (QED) is 0.742. The third-order valence-electron chi connectivity index (χ3n) is 4.80. The number of fused-ring (bicyclic) bond motifs is 1. The van der Waals surface area contributed by atoms with Crippen LogP contribution in [0.1, 0.15) is 19.9 Å². The molecule has 4 heterocycles. The molecule has 0 aliphatic carbocycles. The van der Waals surface area contributed by atoms with Gasteiger partial charge in [-0.1, -0.05) is 6.07 Å². The smallest absolute Gasteiger partial charge is 0.0896 e. The summed E-state index contributed by atoms with van der Waals surface area (Å²) in [7, 11) is 2.18. The molecule has 24 heavy (non-hydrogen) atoms. The molecule has 0 amide bonds. The van der Waals surface area contributed by atoms with Gasteiger partial charge in [0.25, 0.3) is 0 Å². The van der Waals surface area contributed by atoms with Gasteiger partial charge in [-0.25, -0.2) is 4.52 Å². The van der Waals surface area contributed by atoms with Crippen LogP contribution < -0.4 is 4.90 Å². The number of pyridine rings is 1. The van der Waals surface area contributed by atoms with E-state index < -0.39 is 0 Å². The first-order valence-corrected chi connectivity index (χ1v) is 8.57. The van der Waals surface area contributed by atoms with Crippen LogP contribution in [0.15, 0.2) is 36.9 Å². The number of hydrogen-bond acceptors (Lipinski definition) is 4. The second-order valence-electron chi connectivity index (χ2n) is 6.87. The van der Waals surface area contributed by atoms with Gasteiger partial charge in [0.1, 0.15) is 0 Å². The van der Waals surface area contributed by atoms with E-state index in [4.69, 9.17) is 0 Å². The first kappa shape index (κ1) is 15.2. The fourth-order valence-electron chi connectivity index (χ4n) is 3.20. The van der Waals surface area contributed by atoms with E-state index in [2.05, 4.69) is 65.4 Å². The maximum absolute atomic E-state index is 4.58. The van der Waals surface area contributed by atoms with Crippen LogP contribution in [0, 0.1) is 0 Å². The number of nitrogens with zero attached hydrogens (tertiary/aromatic N) is 6. The molecular weight excluding hydrogens is 300 g/mol. The lowest BCUT2D eigenvalue weighted by Crippen LogP contribution is -2.44. The van der Waals surface area contributed by atoms with Crippen molar-refractivity contribution in [3.8, 4) is 11.1 Å². The molecule has 1 aliphatic heterocycles. The van der Waals surface area contributed by atoms with Crippen LogP contribution in [-0.4, -0.2) is 57.5 Å². The SMILES string of the molecule is CC(C)n1cc(-c2ccc3c(N4CCN(C)CC4)cnn3c2)cn1. The average molecular weight is 324 g/mol. The van der Waals surface area contributed by atoms with Gasteiger partial charge in [0.05, 0.1) is 23.6 Å². The molecule has 0 saturated carbocycles. The molecule has 0 unspecified atom stereocenters. The molecule has 0 aromatic carbocycles. The highest BCUT2D eigenvalue weighted by molar-refractivity contribution is 5.75. The molecule has 0 spiro atoms. The van der Waals surface area contributed by atoms with Crippen molar-refractivity contribution in [2.75, 3.05) is 38.1 Å². The molecule has 126 valence electrons. The number of piperazine rings is 1. The maximum atomic E-state index is 4.58. The van der Waals surface area contributed by atoms with Crippen LogP contribution in [0.25, 0.3) is 16.6 Å². The monoisotopic (exact) mass is 324 g/mol. The summed E-state index contributed by atoms with van der Waals surface area (Å²) in [4.78, 5) is 4.80. The molecular formula is C18H24N6. The highest BCUT2D eigenvalue weighted by Crippen LogP contribution is 2.26. The van der Waals surface area contributed by atoms with Crippen molar-refractivity contribution in [3.05, 3.63) is 36.9 Å². The molecule has 1 fully saturated rings. The summed E-state index contributed by atoms with van der Waals surface area (Å²) < 4.78 is 3.97. The molecule has 3 aromatic heterocycles. The largest absolute Gasteiger partial charge is 0.366 e. The van der Waals surface area contributed by atoms with Crippen molar-refractivity contribution in [1.29, 1.82) is 0 Å². The number of anilines is 1. The van der Waals surface area contributed by atoms with E-state index in [1.165, 1.54) is 11.2 Å². The Bertz CT molecular complexity index is 838. The lowest BCUT2D eigenvalue weighted by molar-refractivity contribution is 0.313. The zero-order valence-electron chi connectivity index (χ0n) is 14.6. The first-order valence-electron chi connectivity index (χ1n) is 8.57. The van der Waals surface area contributed by atoms with Crippen LogP contribution >= 0.6 is 0 Å². The third-order valence-corrected chi connectivity index (χ3v) is 4.80. The van der Waals surface area contributed by atoms with E-state index in [1.54, 1.807) is 0 Å². The number of hydrogen-bond donors (Lipinski definition) is 0. The van der Waals surface area contributed by atoms with Gasteiger partial charge >= 0.3 is 0 Å². The van der Waals surface area contributed by atoms with Gasteiger partial charge in [-0.05, 0) is 27.0 Å². The van der Waals surface area contributed by atoms with Crippen molar-refractivity contribution in [2.45, 2.75) is 19.9 Å². The Morgan fingerprint density at radius 1 is 0.917 bits per heavy atom. The predicted molar refractivity (Wildman–Crippen MR) is 96.5 cm³/mol. The molecule has 1 saturated heterocycles. The lowest BCUT2D eigenvalue weighted by atomic mass is 10.1. The molecule has 0 atom stereocenters.